The topological polar surface area (TPSA) is 9.23 Å². The maximum atomic E-state index is 6.73. The number of hydrogen-bond donors (Lipinski definition) is 0. The zero-order valence-corrected chi connectivity index (χ0v) is 15.8. The molecule has 3 rings (SSSR count). The molecule has 2 aliphatic rings. The predicted octanol–water partition coefficient (Wildman–Crippen LogP) is 6.05. The Balaban J connectivity index is 2.32. The molecule has 0 saturated heterocycles. The zero-order valence-electron chi connectivity index (χ0n) is 15.8. The van der Waals surface area contributed by atoms with Crippen LogP contribution in [0.1, 0.15) is 38.8 Å². The SMILES string of the molecule is C=C/C1=C(/C=C\C)C2(C)C=CC(C(C)C)(/C=C\Cc3ccccc31)O2. The average molecular weight is 332 g/mol. The van der Waals surface area contributed by atoms with E-state index in [4.69, 9.17) is 4.74 Å². The third-order valence-corrected chi connectivity index (χ3v) is 5.34. The van der Waals surface area contributed by atoms with Gasteiger partial charge in [-0.15, -0.1) is 0 Å². The summed E-state index contributed by atoms with van der Waals surface area (Å²) in [6.45, 7) is 12.8. The van der Waals surface area contributed by atoms with Gasteiger partial charge in [-0.05, 0) is 60.6 Å². The van der Waals surface area contributed by atoms with Gasteiger partial charge in [-0.3, -0.25) is 0 Å². The number of ether oxygens (including phenoxy) is 1. The molecule has 0 aliphatic carbocycles. The molecule has 2 aliphatic heterocycles. The number of benzene rings is 1. The summed E-state index contributed by atoms with van der Waals surface area (Å²) in [6.07, 6.45) is 16.0. The molecular formula is C24H28O. The zero-order chi connectivity index (χ0) is 18.1. The summed E-state index contributed by atoms with van der Waals surface area (Å²) in [4.78, 5) is 0. The van der Waals surface area contributed by atoms with Gasteiger partial charge in [0.2, 0.25) is 0 Å². The number of rotatable bonds is 3. The molecule has 130 valence electrons. The second-order valence-corrected chi connectivity index (χ2v) is 7.35. The minimum absolute atomic E-state index is 0.357. The highest BCUT2D eigenvalue weighted by Gasteiger charge is 2.44. The van der Waals surface area contributed by atoms with Crippen molar-refractivity contribution in [2.45, 2.75) is 45.3 Å². The summed E-state index contributed by atoms with van der Waals surface area (Å²) in [5, 5.41) is 0. The van der Waals surface area contributed by atoms with E-state index in [1.807, 2.05) is 6.08 Å². The van der Waals surface area contributed by atoms with Crippen molar-refractivity contribution in [1.82, 2.24) is 0 Å². The molecule has 1 aromatic carbocycles. The minimum Gasteiger partial charge on any atom is -0.352 e. The van der Waals surface area contributed by atoms with Gasteiger partial charge in [-0.2, -0.15) is 0 Å². The minimum atomic E-state index is -0.477. The van der Waals surface area contributed by atoms with Gasteiger partial charge >= 0.3 is 0 Å². The second-order valence-electron chi connectivity index (χ2n) is 7.35. The van der Waals surface area contributed by atoms with E-state index in [-0.39, 0.29) is 5.60 Å². The fraction of sp³-hybridized carbons (Fsp3) is 0.333. The van der Waals surface area contributed by atoms with Gasteiger partial charge < -0.3 is 4.74 Å². The monoisotopic (exact) mass is 332 g/mol. The largest absolute Gasteiger partial charge is 0.352 e. The van der Waals surface area contributed by atoms with Crippen molar-refractivity contribution in [3.8, 4) is 0 Å². The Labute approximate surface area is 152 Å². The Bertz CT molecular complexity index is 790. The van der Waals surface area contributed by atoms with Gasteiger partial charge in [0.05, 0.1) is 0 Å². The third-order valence-electron chi connectivity index (χ3n) is 5.34. The van der Waals surface area contributed by atoms with Crippen LogP contribution in [-0.2, 0) is 11.2 Å². The Hall–Kier alpha value is -2.12. The maximum absolute atomic E-state index is 6.73. The van der Waals surface area contributed by atoms with Gasteiger partial charge in [0.15, 0.2) is 0 Å². The van der Waals surface area contributed by atoms with Gasteiger partial charge in [-0.1, -0.05) is 75.1 Å². The third kappa shape index (κ3) is 2.98. The molecule has 1 aromatic rings. The van der Waals surface area contributed by atoms with Crippen molar-refractivity contribution in [3.63, 3.8) is 0 Å². The molecule has 0 saturated carbocycles. The van der Waals surface area contributed by atoms with Crippen LogP contribution in [0, 0.1) is 5.92 Å². The Morgan fingerprint density at radius 2 is 1.92 bits per heavy atom. The van der Waals surface area contributed by atoms with E-state index in [1.165, 1.54) is 11.1 Å². The Morgan fingerprint density at radius 1 is 1.16 bits per heavy atom. The maximum Gasteiger partial charge on any atom is 0.111 e. The second kappa shape index (κ2) is 6.65. The highest BCUT2D eigenvalue weighted by Crippen LogP contribution is 2.45. The molecule has 2 unspecified atom stereocenters. The van der Waals surface area contributed by atoms with Crippen molar-refractivity contribution in [2.75, 3.05) is 0 Å². The molecule has 0 radical (unpaired) electrons. The van der Waals surface area contributed by atoms with E-state index >= 15 is 0 Å². The Kier molecular flexibility index (Phi) is 4.71. The van der Waals surface area contributed by atoms with Crippen molar-refractivity contribution in [2.24, 2.45) is 5.92 Å². The lowest BCUT2D eigenvalue weighted by Gasteiger charge is -2.36. The molecule has 0 amide bonds. The molecular weight excluding hydrogens is 304 g/mol. The van der Waals surface area contributed by atoms with Crippen molar-refractivity contribution < 1.29 is 4.74 Å². The van der Waals surface area contributed by atoms with Crippen LogP contribution in [0.25, 0.3) is 5.57 Å². The molecule has 0 aromatic heterocycles. The first-order valence-electron chi connectivity index (χ1n) is 9.12. The summed E-state index contributed by atoms with van der Waals surface area (Å²) in [7, 11) is 0. The molecule has 2 heterocycles. The van der Waals surface area contributed by atoms with E-state index in [9.17, 15) is 0 Å². The van der Waals surface area contributed by atoms with Gasteiger partial charge in [0.1, 0.15) is 11.2 Å². The molecule has 1 nitrogen and oxygen atoms in total. The molecule has 0 spiro atoms. The first-order valence-corrected chi connectivity index (χ1v) is 9.12. The van der Waals surface area contributed by atoms with Crippen LogP contribution in [-0.4, -0.2) is 11.2 Å². The first-order chi connectivity index (χ1) is 12.0. The van der Waals surface area contributed by atoms with Crippen LogP contribution in [0.3, 0.4) is 0 Å². The van der Waals surface area contributed by atoms with Crippen LogP contribution < -0.4 is 0 Å². The normalized spacial score (nSPS) is 32.8. The lowest BCUT2D eigenvalue weighted by atomic mass is 9.85. The highest BCUT2D eigenvalue weighted by molar-refractivity contribution is 5.82. The summed E-state index contributed by atoms with van der Waals surface area (Å²) in [5.74, 6) is 0.357. The summed E-state index contributed by atoms with van der Waals surface area (Å²) < 4.78 is 6.73. The van der Waals surface area contributed by atoms with Crippen molar-refractivity contribution >= 4 is 5.57 Å². The van der Waals surface area contributed by atoms with Gasteiger partial charge in [-0.25, -0.2) is 0 Å². The smallest absolute Gasteiger partial charge is 0.111 e. The van der Waals surface area contributed by atoms with Crippen LogP contribution in [0.4, 0.5) is 0 Å². The molecule has 0 N–H and O–H groups in total. The summed E-state index contributed by atoms with van der Waals surface area (Å²) >= 11 is 0. The van der Waals surface area contributed by atoms with Crippen LogP contribution >= 0.6 is 0 Å². The van der Waals surface area contributed by atoms with Crippen LogP contribution in [0.5, 0.6) is 0 Å². The fourth-order valence-electron chi connectivity index (χ4n) is 3.85. The van der Waals surface area contributed by atoms with Crippen molar-refractivity contribution in [3.05, 3.63) is 90.1 Å². The van der Waals surface area contributed by atoms with Gasteiger partial charge in [0, 0.05) is 0 Å². The van der Waals surface area contributed by atoms with Crippen LogP contribution in [0.15, 0.2) is 78.9 Å². The lowest BCUT2D eigenvalue weighted by Crippen LogP contribution is -2.39. The number of fused-ring (bicyclic) bond motifs is 3. The summed E-state index contributed by atoms with van der Waals surface area (Å²) in [6, 6.07) is 8.59. The number of allylic oxidation sites excluding steroid dienone is 4. The predicted molar refractivity (Wildman–Crippen MR) is 107 cm³/mol. The van der Waals surface area contributed by atoms with E-state index in [0.717, 1.165) is 17.6 Å². The van der Waals surface area contributed by atoms with Crippen molar-refractivity contribution in [1.29, 1.82) is 0 Å². The van der Waals surface area contributed by atoms with E-state index in [0.29, 0.717) is 5.92 Å². The first kappa shape index (κ1) is 17.7. The summed E-state index contributed by atoms with van der Waals surface area (Å²) in [5.41, 5.74) is 4.02. The van der Waals surface area contributed by atoms with E-state index in [2.05, 4.69) is 95.0 Å². The lowest BCUT2D eigenvalue weighted by molar-refractivity contribution is -0.0542. The van der Waals surface area contributed by atoms with E-state index < -0.39 is 5.60 Å². The average Bonchev–Trinajstić information content (AvgIpc) is 2.94. The molecule has 25 heavy (non-hydrogen) atoms. The van der Waals surface area contributed by atoms with E-state index in [1.54, 1.807) is 0 Å². The highest BCUT2D eigenvalue weighted by atomic mass is 16.5. The quantitative estimate of drug-likeness (QED) is 0.612. The molecule has 0 fully saturated rings. The standard InChI is InChI=1S/C24H28O/c1-6-11-22-20(7-2)21-14-9-8-12-19(21)13-10-15-24(18(3)4)17-16-23(22,5)25-24/h6-12,14-18H,2,13H2,1,3-5H3/b11-6-,15-10-,22-20+. The fourth-order valence-corrected chi connectivity index (χ4v) is 3.85. The Morgan fingerprint density at radius 3 is 2.60 bits per heavy atom. The number of hydrogen-bond acceptors (Lipinski definition) is 1. The van der Waals surface area contributed by atoms with Crippen LogP contribution in [0.2, 0.25) is 0 Å². The molecule has 2 atom stereocenters. The van der Waals surface area contributed by atoms with Gasteiger partial charge in [0.25, 0.3) is 0 Å². The molecule has 2 bridgehead atoms. The molecule has 1 heteroatoms.